The number of thiophene rings is 1. The van der Waals surface area contributed by atoms with Crippen molar-refractivity contribution in [1.82, 2.24) is 0 Å². The number of nitrogens with zero attached hydrogens (tertiary/aromatic N) is 2. The van der Waals surface area contributed by atoms with Gasteiger partial charge in [0.25, 0.3) is 5.69 Å². The summed E-state index contributed by atoms with van der Waals surface area (Å²) in [6, 6.07) is 6.21. The standard InChI is InChI=1S/C15H16N2O5S2/c1-24(20,21)15-8-12(2-3-13(15)17(18)19)16-5-6-22-14(9-16)11-4-7-23-10-11/h2-4,7-8,10,14H,5-6,9H2,1H3. The van der Waals surface area contributed by atoms with Crippen LogP contribution in [0.15, 0.2) is 39.9 Å². The molecule has 0 radical (unpaired) electrons. The van der Waals surface area contributed by atoms with Gasteiger partial charge in [0, 0.05) is 31.1 Å². The number of anilines is 1. The Balaban J connectivity index is 1.93. The lowest BCUT2D eigenvalue weighted by Gasteiger charge is -2.34. The molecular weight excluding hydrogens is 352 g/mol. The smallest absolute Gasteiger partial charge is 0.288 e. The Labute approximate surface area is 143 Å². The molecule has 7 nitrogen and oxygen atoms in total. The monoisotopic (exact) mass is 368 g/mol. The maximum Gasteiger partial charge on any atom is 0.288 e. The van der Waals surface area contributed by atoms with Gasteiger partial charge in [-0.05, 0) is 34.5 Å². The molecule has 1 aromatic heterocycles. The number of hydrogen-bond acceptors (Lipinski definition) is 7. The Bertz CT molecular complexity index is 849. The lowest BCUT2D eigenvalue weighted by molar-refractivity contribution is -0.387. The van der Waals surface area contributed by atoms with E-state index in [4.69, 9.17) is 4.74 Å². The molecule has 0 spiro atoms. The highest BCUT2D eigenvalue weighted by molar-refractivity contribution is 7.90. The van der Waals surface area contributed by atoms with Crippen LogP contribution < -0.4 is 4.90 Å². The molecule has 1 aromatic carbocycles. The summed E-state index contributed by atoms with van der Waals surface area (Å²) in [6.07, 6.45) is 0.883. The van der Waals surface area contributed by atoms with E-state index >= 15 is 0 Å². The summed E-state index contributed by atoms with van der Waals surface area (Å²) < 4.78 is 29.6. The summed E-state index contributed by atoms with van der Waals surface area (Å²) in [5.74, 6) is 0. The zero-order valence-corrected chi connectivity index (χ0v) is 14.5. The van der Waals surface area contributed by atoms with Crippen LogP contribution in [0.4, 0.5) is 11.4 Å². The second-order valence-electron chi connectivity index (χ2n) is 5.54. The minimum absolute atomic E-state index is 0.0955. The van der Waals surface area contributed by atoms with Crippen LogP contribution >= 0.6 is 11.3 Å². The Morgan fingerprint density at radius 1 is 1.38 bits per heavy atom. The summed E-state index contributed by atoms with van der Waals surface area (Å²) in [4.78, 5) is 12.1. The molecule has 1 aliphatic heterocycles. The Morgan fingerprint density at radius 2 is 2.17 bits per heavy atom. The third-order valence-corrected chi connectivity index (χ3v) is 5.71. The number of sulfone groups is 1. The van der Waals surface area contributed by atoms with E-state index in [0.717, 1.165) is 11.8 Å². The highest BCUT2D eigenvalue weighted by Gasteiger charge is 2.27. The second kappa shape index (κ2) is 6.50. The van der Waals surface area contributed by atoms with Crippen molar-refractivity contribution >= 4 is 32.5 Å². The fraction of sp³-hybridized carbons (Fsp3) is 0.333. The lowest BCUT2D eigenvalue weighted by Crippen LogP contribution is -2.38. The van der Waals surface area contributed by atoms with E-state index in [1.54, 1.807) is 17.4 Å². The molecule has 1 fully saturated rings. The molecule has 2 heterocycles. The van der Waals surface area contributed by atoms with Crippen molar-refractivity contribution in [2.75, 3.05) is 30.9 Å². The van der Waals surface area contributed by atoms with Crippen LogP contribution in [0.1, 0.15) is 11.7 Å². The van der Waals surface area contributed by atoms with Crippen molar-refractivity contribution in [2.45, 2.75) is 11.0 Å². The van der Waals surface area contributed by atoms with Gasteiger partial charge in [-0.25, -0.2) is 8.42 Å². The molecule has 1 atom stereocenters. The summed E-state index contributed by atoms with van der Waals surface area (Å²) in [7, 11) is -3.69. The third-order valence-electron chi connectivity index (χ3n) is 3.89. The van der Waals surface area contributed by atoms with Crippen LogP contribution in [0.5, 0.6) is 0 Å². The van der Waals surface area contributed by atoms with Crippen molar-refractivity contribution in [3.05, 3.63) is 50.7 Å². The van der Waals surface area contributed by atoms with Gasteiger partial charge in [0.15, 0.2) is 9.84 Å². The van der Waals surface area contributed by atoms with Gasteiger partial charge in [0.2, 0.25) is 0 Å². The largest absolute Gasteiger partial charge is 0.370 e. The Morgan fingerprint density at radius 3 is 2.79 bits per heavy atom. The van der Waals surface area contributed by atoms with Gasteiger partial charge in [0.1, 0.15) is 11.0 Å². The molecule has 1 unspecified atom stereocenters. The number of ether oxygens (including phenoxy) is 1. The topological polar surface area (TPSA) is 89.8 Å². The van der Waals surface area contributed by atoms with Crippen LogP contribution in [-0.2, 0) is 14.6 Å². The first-order valence-corrected chi connectivity index (χ1v) is 10.1. The number of morpholine rings is 1. The van der Waals surface area contributed by atoms with Crippen molar-refractivity contribution in [2.24, 2.45) is 0 Å². The maximum absolute atomic E-state index is 11.9. The van der Waals surface area contributed by atoms with Gasteiger partial charge < -0.3 is 9.64 Å². The molecule has 0 aliphatic carbocycles. The highest BCUT2D eigenvalue weighted by Crippen LogP contribution is 2.32. The Hall–Kier alpha value is -1.97. The zero-order chi connectivity index (χ0) is 17.3. The van der Waals surface area contributed by atoms with E-state index in [9.17, 15) is 18.5 Å². The summed E-state index contributed by atoms with van der Waals surface area (Å²) >= 11 is 1.59. The normalized spacial score (nSPS) is 18.5. The van der Waals surface area contributed by atoms with Crippen LogP contribution in [0, 0.1) is 10.1 Å². The van der Waals surface area contributed by atoms with E-state index in [1.807, 2.05) is 21.7 Å². The summed E-state index contributed by atoms with van der Waals surface area (Å²) in [5, 5.41) is 15.1. The van der Waals surface area contributed by atoms with Crippen LogP contribution in [0.2, 0.25) is 0 Å². The summed E-state index contributed by atoms with van der Waals surface area (Å²) in [5.41, 5.74) is 1.32. The van der Waals surface area contributed by atoms with Crippen molar-refractivity contribution in [3.63, 3.8) is 0 Å². The van der Waals surface area contributed by atoms with Gasteiger partial charge in [-0.3, -0.25) is 10.1 Å². The van der Waals surface area contributed by atoms with Gasteiger partial charge in [0.05, 0.1) is 11.5 Å². The zero-order valence-electron chi connectivity index (χ0n) is 12.9. The molecule has 24 heavy (non-hydrogen) atoms. The molecule has 0 N–H and O–H groups in total. The average Bonchev–Trinajstić information content (AvgIpc) is 3.08. The molecule has 3 rings (SSSR count). The van der Waals surface area contributed by atoms with Gasteiger partial charge in [-0.1, -0.05) is 0 Å². The van der Waals surface area contributed by atoms with Crippen LogP contribution in [0.25, 0.3) is 0 Å². The van der Waals surface area contributed by atoms with E-state index < -0.39 is 20.4 Å². The fourth-order valence-corrected chi connectivity index (χ4v) is 4.25. The van der Waals surface area contributed by atoms with E-state index in [0.29, 0.717) is 25.4 Å². The predicted molar refractivity (Wildman–Crippen MR) is 91.4 cm³/mol. The first kappa shape index (κ1) is 16.9. The third kappa shape index (κ3) is 3.42. The number of rotatable bonds is 4. The molecule has 0 bridgehead atoms. The second-order valence-corrected chi connectivity index (χ2v) is 8.31. The average molecular weight is 368 g/mol. The minimum Gasteiger partial charge on any atom is -0.370 e. The minimum atomic E-state index is -3.69. The highest BCUT2D eigenvalue weighted by atomic mass is 32.2. The van der Waals surface area contributed by atoms with Crippen molar-refractivity contribution in [3.8, 4) is 0 Å². The van der Waals surface area contributed by atoms with Crippen LogP contribution in [0.3, 0.4) is 0 Å². The molecule has 1 aliphatic rings. The molecule has 0 saturated carbocycles. The number of hydrogen-bond donors (Lipinski definition) is 0. The first-order chi connectivity index (χ1) is 11.4. The predicted octanol–water partition coefficient (Wildman–Crippen LogP) is 2.64. The van der Waals surface area contributed by atoms with Gasteiger partial charge in [-0.2, -0.15) is 11.3 Å². The van der Waals surface area contributed by atoms with E-state index in [1.165, 1.54) is 12.1 Å². The molecular formula is C15H16N2O5S2. The van der Waals surface area contributed by atoms with E-state index in [2.05, 4.69) is 0 Å². The van der Waals surface area contributed by atoms with E-state index in [-0.39, 0.29) is 11.0 Å². The first-order valence-electron chi connectivity index (χ1n) is 7.23. The fourth-order valence-electron chi connectivity index (χ4n) is 2.69. The van der Waals surface area contributed by atoms with Crippen molar-refractivity contribution < 1.29 is 18.1 Å². The number of nitro benzene ring substituents is 1. The van der Waals surface area contributed by atoms with Gasteiger partial charge >= 0.3 is 0 Å². The SMILES string of the molecule is CS(=O)(=O)c1cc(N2CCOC(c3ccsc3)C2)ccc1[N+](=O)[O-]. The molecule has 9 heteroatoms. The number of benzene rings is 1. The maximum atomic E-state index is 11.9. The molecule has 0 amide bonds. The molecule has 1 saturated heterocycles. The molecule has 128 valence electrons. The molecule has 2 aromatic rings. The summed E-state index contributed by atoms with van der Waals surface area (Å²) in [6.45, 7) is 1.67. The quantitative estimate of drug-likeness (QED) is 0.609. The van der Waals surface area contributed by atoms with Crippen molar-refractivity contribution in [1.29, 1.82) is 0 Å². The lowest BCUT2D eigenvalue weighted by atomic mass is 10.1. The Kier molecular flexibility index (Phi) is 4.57. The van der Waals surface area contributed by atoms with Gasteiger partial charge in [-0.15, -0.1) is 0 Å². The van der Waals surface area contributed by atoms with Crippen LogP contribution in [-0.4, -0.2) is 39.3 Å². The number of nitro groups is 1.